The molecular formula is C15H14BrClO5. The second kappa shape index (κ2) is 6.30. The van der Waals surface area contributed by atoms with Crippen LogP contribution in [0.2, 0.25) is 5.02 Å². The lowest BCUT2D eigenvalue weighted by atomic mass is 10.1. The summed E-state index contributed by atoms with van der Waals surface area (Å²) in [5.74, 6) is -2.23. The maximum Gasteiger partial charge on any atom is 0.348 e. The number of halogens is 2. The van der Waals surface area contributed by atoms with Crippen molar-refractivity contribution in [3.63, 3.8) is 0 Å². The normalized spacial score (nSPS) is 16.9. The van der Waals surface area contributed by atoms with Gasteiger partial charge in [0.05, 0.1) is 16.1 Å². The number of carbonyl (C=O) groups excluding carboxylic acids is 2. The molecule has 0 radical (unpaired) electrons. The van der Waals surface area contributed by atoms with E-state index in [9.17, 15) is 9.59 Å². The van der Waals surface area contributed by atoms with E-state index in [0.29, 0.717) is 27.4 Å². The Morgan fingerprint density at radius 2 is 1.86 bits per heavy atom. The summed E-state index contributed by atoms with van der Waals surface area (Å²) in [6, 6.07) is 3.27. The van der Waals surface area contributed by atoms with Crippen molar-refractivity contribution in [3.8, 4) is 5.75 Å². The highest BCUT2D eigenvalue weighted by atomic mass is 79.9. The molecule has 0 spiro atoms. The second-order valence-corrected chi connectivity index (χ2v) is 6.25. The van der Waals surface area contributed by atoms with Crippen LogP contribution in [0.1, 0.15) is 26.3 Å². The highest BCUT2D eigenvalue weighted by Gasteiger charge is 2.38. The smallest absolute Gasteiger partial charge is 0.348 e. The van der Waals surface area contributed by atoms with Crippen molar-refractivity contribution in [1.29, 1.82) is 0 Å². The van der Waals surface area contributed by atoms with E-state index in [2.05, 4.69) is 15.9 Å². The van der Waals surface area contributed by atoms with Crippen LogP contribution in [0.3, 0.4) is 0 Å². The summed E-state index contributed by atoms with van der Waals surface area (Å²) in [4.78, 5) is 23.8. The van der Waals surface area contributed by atoms with Gasteiger partial charge in [-0.2, -0.15) is 0 Å². The molecule has 0 aromatic heterocycles. The molecule has 5 nitrogen and oxygen atoms in total. The lowest BCUT2D eigenvalue weighted by Crippen LogP contribution is -2.41. The minimum absolute atomic E-state index is 0.188. The van der Waals surface area contributed by atoms with Gasteiger partial charge in [0.2, 0.25) is 0 Å². The first kappa shape index (κ1) is 16.8. The predicted molar refractivity (Wildman–Crippen MR) is 84.6 cm³/mol. The summed E-state index contributed by atoms with van der Waals surface area (Å²) >= 11 is 9.47. The predicted octanol–water partition coefficient (Wildman–Crippen LogP) is 3.72. The molecule has 1 aromatic rings. The second-order valence-electron chi connectivity index (χ2n) is 4.98. The zero-order chi connectivity index (χ0) is 16.5. The average Bonchev–Trinajstić information content (AvgIpc) is 2.37. The number of benzene rings is 1. The Morgan fingerprint density at radius 1 is 1.27 bits per heavy atom. The number of hydrogen-bond donors (Lipinski definition) is 0. The maximum absolute atomic E-state index is 11.9. The van der Waals surface area contributed by atoms with Gasteiger partial charge in [-0.25, -0.2) is 9.59 Å². The highest BCUT2D eigenvalue weighted by Crippen LogP contribution is 2.35. The topological polar surface area (TPSA) is 61.8 Å². The number of ether oxygens (including phenoxy) is 3. The lowest BCUT2D eigenvalue weighted by molar-refractivity contribution is -0.222. The molecule has 118 valence electrons. The molecular weight excluding hydrogens is 376 g/mol. The van der Waals surface area contributed by atoms with Crippen LogP contribution in [0, 0.1) is 0 Å². The Hall–Kier alpha value is -1.53. The number of rotatable bonds is 3. The molecule has 2 rings (SSSR count). The summed E-state index contributed by atoms with van der Waals surface area (Å²) in [6.45, 7) is 5.29. The largest absolute Gasteiger partial charge is 0.491 e. The van der Waals surface area contributed by atoms with Crippen molar-refractivity contribution in [1.82, 2.24) is 0 Å². The number of esters is 2. The van der Waals surface area contributed by atoms with E-state index in [1.54, 1.807) is 12.1 Å². The van der Waals surface area contributed by atoms with E-state index in [0.717, 1.165) is 0 Å². The Morgan fingerprint density at radius 3 is 2.36 bits per heavy atom. The van der Waals surface area contributed by atoms with E-state index < -0.39 is 17.7 Å². The molecule has 1 fully saturated rings. The molecule has 0 amide bonds. The summed E-state index contributed by atoms with van der Waals surface area (Å²) in [6.07, 6.45) is 1.37. The van der Waals surface area contributed by atoms with Gasteiger partial charge in [0.25, 0.3) is 5.79 Å². The minimum Gasteiger partial charge on any atom is -0.491 e. The third-order valence-electron chi connectivity index (χ3n) is 2.74. The molecule has 0 bridgehead atoms. The maximum atomic E-state index is 11.9. The number of hydrogen-bond acceptors (Lipinski definition) is 5. The van der Waals surface area contributed by atoms with Gasteiger partial charge in [-0.05, 0) is 46.6 Å². The van der Waals surface area contributed by atoms with Gasteiger partial charge in [0, 0.05) is 13.8 Å². The standard InChI is InChI=1S/C15H14BrClO5/c1-4-20-12-10(16)6-8(7-11(12)17)5-9-13(18)21-15(2,3)22-14(9)19/h5-7H,4H2,1-3H3. The van der Waals surface area contributed by atoms with Crippen molar-refractivity contribution in [2.75, 3.05) is 6.61 Å². The van der Waals surface area contributed by atoms with Crippen molar-refractivity contribution >= 4 is 45.5 Å². The molecule has 0 saturated carbocycles. The van der Waals surface area contributed by atoms with Crippen molar-refractivity contribution in [2.24, 2.45) is 0 Å². The first-order chi connectivity index (χ1) is 10.2. The van der Waals surface area contributed by atoms with Crippen LogP contribution in [0.5, 0.6) is 5.75 Å². The van der Waals surface area contributed by atoms with Crippen LogP contribution in [0.15, 0.2) is 22.2 Å². The zero-order valence-electron chi connectivity index (χ0n) is 12.2. The van der Waals surface area contributed by atoms with Crippen LogP contribution in [0.25, 0.3) is 6.08 Å². The fourth-order valence-electron chi connectivity index (χ4n) is 1.89. The van der Waals surface area contributed by atoms with Gasteiger partial charge >= 0.3 is 11.9 Å². The fourth-order valence-corrected chi connectivity index (χ4v) is 2.88. The monoisotopic (exact) mass is 388 g/mol. The van der Waals surface area contributed by atoms with Gasteiger partial charge in [-0.1, -0.05) is 11.6 Å². The molecule has 1 aliphatic heterocycles. The van der Waals surface area contributed by atoms with Gasteiger partial charge in [-0.3, -0.25) is 0 Å². The van der Waals surface area contributed by atoms with Crippen LogP contribution in [0.4, 0.5) is 0 Å². The van der Waals surface area contributed by atoms with E-state index in [1.165, 1.54) is 19.9 Å². The van der Waals surface area contributed by atoms with Crippen molar-refractivity contribution in [3.05, 3.63) is 32.8 Å². The molecule has 0 N–H and O–H groups in total. The summed E-state index contributed by atoms with van der Waals surface area (Å²) in [5.41, 5.74) is 0.357. The Labute approximate surface area is 141 Å². The molecule has 0 unspecified atom stereocenters. The van der Waals surface area contributed by atoms with Crippen LogP contribution in [-0.4, -0.2) is 24.3 Å². The van der Waals surface area contributed by atoms with E-state index >= 15 is 0 Å². The first-order valence-corrected chi connectivity index (χ1v) is 7.71. The lowest BCUT2D eigenvalue weighted by Gasteiger charge is -2.29. The summed E-state index contributed by atoms with van der Waals surface area (Å²) in [5, 5.41) is 0.362. The third kappa shape index (κ3) is 3.62. The fraction of sp³-hybridized carbons (Fsp3) is 0.333. The highest BCUT2D eigenvalue weighted by molar-refractivity contribution is 9.10. The van der Waals surface area contributed by atoms with E-state index in [1.807, 2.05) is 6.92 Å². The summed E-state index contributed by atoms with van der Waals surface area (Å²) < 4.78 is 16.1. The Balaban J connectivity index is 2.37. The van der Waals surface area contributed by atoms with Gasteiger partial charge in [-0.15, -0.1) is 0 Å². The van der Waals surface area contributed by atoms with Crippen LogP contribution < -0.4 is 4.74 Å². The average molecular weight is 390 g/mol. The molecule has 1 aromatic carbocycles. The SMILES string of the molecule is CCOc1c(Cl)cc(C=C2C(=O)OC(C)(C)OC2=O)cc1Br. The summed E-state index contributed by atoms with van der Waals surface area (Å²) in [7, 11) is 0. The van der Waals surface area contributed by atoms with Gasteiger partial charge in [0.1, 0.15) is 5.57 Å². The molecule has 1 saturated heterocycles. The number of carbonyl (C=O) groups is 2. The molecule has 0 aliphatic carbocycles. The van der Waals surface area contributed by atoms with E-state index in [4.69, 9.17) is 25.8 Å². The van der Waals surface area contributed by atoms with Gasteiger partial charge in [0.15, 0.2) is 5.75 Å². The number of cyclic esters (lactones) is 2. The quantitative estimate of drug-likeness (QED) is 0.448. The van der Waals surface area contributed by atoms with Crippen molar-refractivity contribution in [2.45, 2.75) is 26.6 Å². The first-order valence-electron chi connectivity index (χ1n) is 6.53. The zero-order valence-corrected chi connectivity index (χ0v) is 14.6. The Bertz CT molecular complexity index is 621. The molecule has 0 atom stereocenters. The molecule has 7 heteroatoms. The molecule has 1 aliphatic rings. The van der Waals surface area contributed by atoms with Gasteiger partial charge < -0.3 is 14.2 Å². The van der Waals surface area contributed by atoms with Crippen LogP contribution in [-0.2, 0) is 19.1 Å². The molecule has 22 heavy (non-hydrogen) atoms. The third-order valence-corrected chi connectivity index (χ3v) is 3.61. The van der Waals surface area contributed by atoms with Crippen LogP contribution >= 0.6 is 27.5 Å². The van der Waals surface area contributed by atoms with Crippen molar-refractivity contribution < 1.29 is 23.8 Å². The van der Waals surface area contributed by atoms with E-state index in [-0.39, 0.29) is 5.57 Å². The Kier molecular flexibility index (Phi) is 4.82. The molecule has 1 heterocycles. The minimum atomic E-state index is -1.26.